The number of anilines is 1. The van der Waals surface area contributed by atoms with E-state index in [2.05, 4.69) is 21.2 Å². The molecule has 2 aliphatic rings. The van der Waals surface area contributed by atoms with Crippen LogP contribution in [0.3, 0.4) is 0 Å². The first kappa shape index (κ1) is 20.9. The van der Waals surface area contributed by atoms with Crippen molar-refractivity contribution in [2.75, 3.05) is 18.1 Å². The largest absolute Gasteiger partial charge is 0.494 e. The summed E-state index contributed by atoms with van der Waals surface area (Å²) in [5.41, 5.74) is 0.605. The minimum atomic E-state index is -1.06. The number of esters is 1. The van der Waals surface area contributed by atoms with Crippen molar-refractivity contribution < 1.29 is 19.0 Å². The number of nitrogens with zero attached hydrogens (tertiary/aromatic N) is 1. The predicted molar refractivity (Wildman–Crippen MR) is 122 cm³/mol. The standard InChI is InChI=1S/C22H23BrN2O4S/c1-4-27-15-9-7-14(8-10-15)25-21(30)24-19-16-12-13(23)6-11-17(16)29-22(25,3)18(19)20(26)28-5-2/h6-12,18-19H,4-5H2,1-3H3,(H,24,30)/t18-,19-,22+/m1/s1. The predicted octanol–water partition coefficient (Wildman–Crippen LogP) is 4.57. The lowest BCUT2D eigenvalue weighted by Crippen LogP contribution is -2.71. The van der Waals surface area contributed by atoms with Crippen LogP contribution in [0.15, 0.2) is 46.9 Å². The molecule has 0 spiro atoms. The van der Waals surface area contributed by atoms with Crippen LogP contribution in [-0.2, 0) is 9.53 Å². The van der Waals surface area contributed by atoms with Crippen molar-refractivity contribution in [3.05, 3.63) is 52.5 Å². The Morgan fingerprint density at radius 1 is 1.23 bits per heavy atom. The minimum absolute atomic E-state index is 0.289. The van der Waals surface area contributed by atoms with E-state index in [1.54, 1.807) is 6.92 Å². The molecule has 0 unspecified atom stereocenters. The van der Waals surface area contributed by atoms with Crippen molar-refractivity contribution in [3.8, 4) is 11.5 Å². The Bertz CT molecular complexity index is 984. The third-order valence-corrected chi connectivity index (χ3v) is 6.20. The van der Waals surface area contributed by atoms with Crippen LogP contribution in [0.1, 0.15) is 32.4 Å². The molecule has 2 heterocycles. The van der Waals surface area contributed by atoms with Crippen LogP contribution in [0.25, 0.3) is 0 Å². The normalized spacial score (nSPS) is 24.4. The van der Waals surface area contributed by atoms with E-state index >= 15 is 0 Å². The molecule has 0 radical (unpaired) electrons. The van der Waals surface area contributed by atoms with Crippen LogP contribution in [0.5, 0.6) is 11.5 Å². The molecule has 30 heavy (non-hydrogen) atoms. The van der Waals surface area contributed by atoms with Gasteiger partial charge in [0.1, 0.15) is 17.4 Å². The molecule has 6 nitrogen and oxygen atoms in total. The van der Waals surface area contributed by atoms with Crippen molar-refractivity contribution in [1.29, 1.82) is 0 Å². The van der Waals surface area contributed by atoms with Crippen molar-refractivity contribution in [2.45, 2.75) is 32.5 Å². The van der Waals surface area contributed by atoms with Crippen LogP contribution in [-0.4, -0.2) is 30.0 Å². The Morgan fingerprint density at radius 2 is 1.97 bits per heavy atom. The zero-order valence-electron chi connectivity index (χ0n) is 17.0. The maximum Gasteiger partial charge on any atom is 0.317 e. The number of rotatable bonds is 5. The van der Waals surface area contributed by atoms with E-state index in [1.807, 2.05) is 61.2 Å². The quantitative estimate of drug-likeness (QED) is 0.486. The molecule has 1 N–H and O–H groups in total. The molecule has 158 valence electrons. The first-order valence-electron chi connectivity index (χ1n) is 9.87. The van der Waals surface area contributed by atoms with Crippen LogP contribution in [0.2, 0.25) is 0 Å². The monoisotopic (exact) mass is 490 g/mol. The van der Waals surface area contributed by atoms with E-state index in [4.69, 9.17) is 26.4 Å². The highest BCUT2D eigenvalue weighted by Crippen LogP contribution is 2.50. The molecule has 0 aliphatic carbocycles. The topological polar surface area (TPSA) is 60.0 Å². The zero-order valence-corrected chi connectivity index (χ0v) is 19.4. The summed E-state index contributed by atoms with van der Waals surface area (Å²) < 4.78 is 18.4. The highest BCUT2D eigenvalue weighted by atomic mass is 79.9. The van der Waals surface area contributed by atoms with Gasteiger partial charge in [-0.25, -0.2) is 0 Å². The van der Waals surface area contributed by atoms with Crippen LogP contribution in [0.4, 0.5) is 5.69 Å². The number of carbonyl (C=O) groups is 1. The van der Waals surface area contributed by atoms with Gasteiger partial charge in [-0.15, -0.1) is 0 Å². The number of hydrogen-bond acceptors (Lipinski definition) is 5. The highest BCUT2D eigenvalue weighted by molar-refractivity contribution is 9.10. The molecule has 1 fully saturated rings. The average molecular weight is 491 g/mol. The average Bonchev–Trinajstić information content (AvgIpc) is 2.70. The van der Waals surface area contributed by atoms with Crippen molar-refractivity contribution in [2.24, 2.45) is 5.92 Å². The van der Waals surface area contributed by atoms with E-state index in [9.17, 15) is 4.79 Å². The number of ether oxygens (including phenoxy) is 3. The summed E-state index contributed by atoms with van der Waals surface area (Å²) in [5, 5.41) is 3.84. The second-order valence-electron chi connectivity index (χ2n) is 7.26. The third kappa shape index (κ3) is 3.41. The van der Waals surface area contributed by atoms with Crippen LogP contribution in [0, 0.1) is 5.92 Å². The number of carbonyl (C=O) groups excluding carboxylic acids is 1. The molecule has 0 aromatic heterocycles. The van der Waals surface area contributed by atoms with E-state index in [0.29, 0.717) is 17.5 Å². The van der Waals surface area contributed by atoms with Gasteiger partial charge < -0.3 is 19.5 Å². The van der Waals surface area contributed by atoms with Gasteiger partial charge >= 0.3 is 5.97 Å². The van der Waals surface area contributed by atoms with Crippen molar-refractivity contribution in [3.63, 3.8) is 0 Å². The maximum atomic E-state index is 13.1. The van der Waals surface area contributed by atoms with Gasteiger partial charge in [-0.05, 0) is 75.5 Å². The summed E-state index contributed by atoms with van der Waals surface area (Å²) in [6.45, 7) is 6.50. The fraction of sp³-hybridized carbons (Fsp3) is 0.364. The molecule has 3 atom stereocenters. The summed E-state index contributed by atoms with van der Waals surface area (Å²) in [5.74, 6) is 0.512. The van der Waals surface area contributed by atoms with Crippen LogP contribution >= 0.6 is 28.1 Å². The Balaban J connectivity index is 1.83. The minimum Gasteiger partial charge on any atom is -0.494 e. The van der Waals surface area contributed by atoms with E-state index in [-0.39, 0.29) is 18.6 Å². The molecular formula is C22H23BrN2O4S. The lowest BCUT2D eigenvalue weighted by Gasteiger charge is -2.55. The molecule has 2 aromatic carbocycles. The van der Waals surface area contributed by atoms with Crippen LogP contribution < -0.4 is 19.7 Å². The summed E-state index contributed by atoms with van der Waals surface area (Å²) in [6, 6.07) is 13.0. The van der Waals surface area contributed by atoms with Gasteiger partial charge in [0, 0.05) is 15.7 Å². The van der Waals surface area contributed by atoms with Gasteiger partial charge in [-0.2, -0.15) is 0 Å². The zero-order chi connectivity index (χ0) is 21.5. The molecule has 2 aliphatic heterocycles. The second-order valence-corrected chi connectivity index (χ2v) is 8.56. The van der Waals surface area contributed by atoms with Gasteiger partial charge in [0.05, 0.1) is 19.3 Å². The number of hydrogen-bond donors (Lipinski definition) is 1. The molecule has 8 heteroatoms. The second kappa shape index (κ2) is 8.07. The lowest BCUT2D eigenvalue weighted by atomic mass is 9.79. The summed E-state index contributed by atoms with van der Waals surface area (Å²) >= 11 is 9.24. The molecule has 2 aromatic rings. The first-order chi connectivity index (χ1) is 14.4. The Hall–Kier alpha value is -2.32. The molecule has 2 bridgehead atoms. The number of nitrogens with one attached hydrogen (secondary N) is 1. The Morgan fingerprint density at radius 3 is 2.63 bits per heavy atom. The summed E-state index contributed by atoms with van der Waals surface area (Å²) in [6.07, 6.45) is 0. The smallest absolute Gasteiger partial charge is 0.317 e. The Kier molecular flexibility index (Phi) is 5.63. The number of fused-ring (bicyclic) bond motifs is 4. The SMILES string of the molecule is CCOC(=O)[C@H]1[C@@H]2NC(=S)N(c3ccc(OCC)cc3)[C@@]1(C)Oc1ccc(Br)cc12. The molecule has 1 saturated heterocycles. The highest BCUT2D eigenvalue weighted by Gasteiger charge is 2.59. The first-order valence-corrected chi connectivity index (χ1v) is 11.1. The fourth-order valence-corrected chi connectivity index (χ4v) is 4.99. The number of thiocarbonyl (C=S) groups is 1. The number of benzene rings is 2. The Labute approximate surface area is 189 Å². The van der Waals surface area contributed by atoms with E-state index < -0.39 is 11.6 Å². The molecule has 0 saturated carbocycles. The number of halogens is 1. The third-order valence-electron chi connectivity index (χ3n) is 5.41. The fourth-order valence-electron chi connectivity index (χ4n) is 4.19. The molecule has 4 rings (SSSR count). The van der Waals surface area contributed by atoms with Gasteiger partial charge in [-0.3, -0.25) is 9.69 Å². The van der Waals surface area contributed by atoms with Crippen molar-refractivity contribution >= 4 is 44.9 Å². The van der Waals surface area contributed by atoms with Gasteiger partial charge in [0.15, 0.2) is 5.11 Å². The lowest BCUT2D eigenvalue weighted by molar-refractivity contribution is -0.159. The summed E-state index contributed by atoms with van der Waals surface area (Å²) in [4.78, 5) is 14.9. The molecule has 0 amide bonds. The summed E-state index contributed by atoms with van der Waals surface area (Å²) in [7, 11) is 0. The van der Waals surface area contributed by atoms with Crippen molar-refractivity contribution in [1.82, 2.24) is 5.32 Å². The van der Waals surface area contributed by atoms with Gasteiger partial charge in [-0.1, -0.05) is 15.9 Å². The van der Waals surface area contributed by atoms with Gasteiger partial charge in [0.25, 0.3) is 0 Å². The van der Waals surface area contributed by atoms with E-state index in [1.165, 1.54) is 0 Å². The maximum absolute atomic E-state index is 13.1. The van der Waals surface area contributed by atoms with E-state index in [0.717, 1.165) is 21.5 Å². The van der Waals surface area contributed by atoms with Gasteiger partial charge in [0.2, 0.25) is 5.72 Å². The molecular weight excluding hydrogens is 468 g/mol.